The molecule has 4 aromatic heterocycles. The maximum absolute atomic E-state index is 13.9. The molecule has 226 valence electrons. The van der Waals surface area contributed by atoms with Gasteiger partial charge in [0.25, 0.3) is 0 Å². The van der Waals surface area contributed by atoms with Gasteiger partial charge in [-0.15, -0.1) is 0 Å². The molecule has 12 heteroatoms. The normalized spacial score (nSPS) is 14.6. The highest BCUT2D eigenvalue weighted by molar-refractivity contribution is 5.98. The second-order valence-electron chi connectivity index (χ2n) is 10.7. The van der Waals surface area contributed by atoms with Crippen molar-refractivity contribution in [1.82, 2.24) is 24.5 Å². The highest BCUT2D eigenvalue weighted by Crippen LogP contribution is 2.43. The van der Waals surface area contributed by atoms with Gasteiger partial charge in [0, 0.05) is 29.4 Å². The summed E-state index contributed by atoms with van der Waals surface area (Å²) in [6.45, 7) is -0.105. The van der Waals surface area contributed by atoms with E-state index in [0.717, 1.165) is 38.5 Å². The molecule has 0 aliphatic heterocycles. The van der Waals surface area contributed by atoms with Crippen molar-refractivity contribution >= 4 is 33.9 Å². The number of ether oxygens (including phenoxy) is 1. The number of carbonyl (C=O) groups is 1. The summed E-state index contributed by atoms with van der Waals surface area (Å²) in [6.07, 6.45) is 1.81. The molecule has 9 nitrogen and oxygen atoms in total. The van der Waals surface area contributed by atoms with Crippen LogP contribution in [0.3, 0.4) is 0 Å². The highest BCUT2D eigenvalue weighted by Gasteiger charge is 2.39. The highest BCUT2D eigenvalue weighted by atomic mass is 19.4. The van der Waals surface area contributed by atoms with E-state index in [1.165, 1.54) is 7.11 Å². The molecule has 2 aromatic carbocycles. The lowest BCUT2D eigenvalue weighted by molar-refractivity contribution is -0.140. The number of halogens is 3. The van der Waals surface area contributed by atoms with Crippen LogP contribution in [0, 0.1) is 0 Å². The van der Waals surface area contributed by atoms with Gasteiger partial charge in [-0.3, -0.25) is 14.3 Å². The number of methoxy groups -OCH3 is 1. The van der Waals surface area contributed by atoms with Gasteiger partial charge in [0.05, 0.1) is 25.3 Å². The van der Waals surface area contributed by atoms with Gasteiger partial charge in [0.1, 0.15) is 5.52 Å². The molecule has 4 heterocycles. The van der Waals surface area contributed by atoms with E-state index in [0.29, 0.717) is 29.7 Å². The lowest BCUT2D eigenvalue weighted by Gasteiger charge is -2.19. The third-order valence-electron chi connectivity index (χ3n) is 8.11. The van der Waals surface area contributed by atoms with Gasteiger partial charge >= 0.3 is 6.18 Å². The van der Waals surface area contributed by atoms with E-state index in [2.05, 4.69) is 25.3 Å². The second kappa shape index (κ2) is 11.0. The monoisotopic (exact) mass is 610 g/mol. The predicted octanol–water partition coefficient (Wildman–Crippen LogP) is 6.46. The Kier molecular flexibility index (Phi) is 6.93. The van der Waals surface area contributed by atoms with Crippen LogP contribution < -0.4 is 10.1 Å². The Morgan fingerprint density at radius 2 is 1.91 bits per heavy atom. The van der Waals surface area contributed by atoms with Crippen LogP contribution in [0.15, 0.2) is 73.2 Å². The minimum Gasteiger partial charge on any atom is -0.479 e. The van der Waals surface area contributed by atoms with E-state index >= 15 is 0 Å². The average Bonchev–Trinajstić information content (AvgIpc) is 3.68. The molecule has 0 spiro atoms. The number of aliphatic hydroxyl groups excluding tert-OH is 1. The number of pyridine rings is 2. The number of aromatic nitrogens is 5. The van der Waals surface area contributed by atoms with Crippen molar-refractivity contribution in [2.24, 2.45) is 0 Å². The fourth-order valence-corrected chi connectivity index (χ4v) is 6.12. The van der Waals surface area contributed by atoms with Crippen LogP contribution in [-0.2, 0) is 19.2 Å². The second-order valence-corrected chi connectivity index (χ2v) is 10.7. The Morgan fingerprint density at radius 1 is 1.09 bits per heavy atom. The molecule has 0 saturated carbocycles. The Bertz CT molecular complexity index is 2110. The molecule has 2 N–H and O–H groups in total. The molecule has 1 atom stereocenters. The van der Waals surface area contributed by atoms with Crippen molar-refractivity contribution in [1.29, 1.82) is 0 Å². The third kappa shape index (κ3) is 4.83. The van der Waals surface area contributed by atoms with Crippen LogP contribution in [0.25, 0.3) is 38.8 Å². The quantitative estimate of drug-likeness (QED) is 0.198. The number of aldehydes is 1. The van der Waals surface area contributed by atoms with Crippen LogP contribution >= 0.6 is 0 Å². The standard InChI is InChI=1S/C33H25F3N6O3/c1-45-32-26(17-44)39-29(33(34,35)36)30(41-32)40-25-9-8-22-20(4-2-6-23(22)25)21-5-3-7-27-24(21)11-13-42(27)31-28-19(10-12-37-31)14-18(16-43)15-38-28/h2-7,10-15,17,25,43H,8-9,16H2,1H3,(H,40,41)/t25-/m0/s1. The van der Waals surface area contributed by atoms with Gasteiger partial charge in [-0.25, -0.2) is 9.97 Å². The lowest BCUT2D eigenvalue weighted by atomic mass is 9.94. The first kappa shape index (κ1) is 28.4. The number of benzene rings is 2. The van der Waals surface area contributed by atoms with Gasteiger partial charge in [0.15, 0.2) is 29.3 Å². The summed E-state index contributed by atoms with van der Waals surface area (Å²) < 4.78 is 48.8. The molecular weight excluding hydrogens is 585 g/mol. The van der Waals surface area contributed by atoms with Gasteiger partial charge in [-0.05, 0) is 64.9 Å². The zero-order valence-electron chi connectivity index (χ0n) is 23.8. The van der Waals surface area contributed by atoms with Crippen LogP contribution in [0.1, 0.15) is 45.3 Å². The molecule has 1 aliphatic carbocycles. The maximum Gasteiger partial charge on any atom is 0.437 e. The number of anilines is 1. The Morgan fingerprint density at radius 3 is 2.69 bits per heavy atom. The molecule has 0 unspecified atom stereocenters. The van der Waals surface area contributed by atoms with E-state index in [1.54, 1.807) is 12.4 Å². The van der Waals surface area contributed by atoms with E-state index in [4.69, 9.17) is 4.74 Å². The van der Waals surface area contributed by atoms with Crippen molar-refractivity contribution < 1.29 is 27.8 Å². The molecule has 0 radical (unpaired) electrons. The molecular formula is C33H25F3N6O3. The number of alkyl halides is 3. The first-order chi connectivity index (χ1) is 21.8. The topological polar surface area (TPSA) is 115 Å². The fourth-order valence-electron chi connectivity index (χ4n) is 6.12. The minimum absolute atomic E-state index is 0.105. The van der Waals surface area contributed by atoms with E-state index < -0.39 is 29.4 Å². The summed E-state index contributed by atoms with van der Waals surface area (Å²) >= 11 is 0. The first-order valence-corrected chi connectivity index (χ1v) is 14.1. The molecule has 1 aliphatic rings. The van der Waals surface area contributed by atoms with Gasteiger partial charge in [-0.2, -0.15) is 18.2 Å². The molecule has 0 saturated heterocycles. The molecule has 7 rings (SSSR count). The zero-order chi connectivity index (χ0) is 31.3. The van der Waals surface area contributed by atoms with Crippen LogP contribution in [0.4, 0.5) is 19.0 Å². The fraction of sp³-hybridized carbons (Fsp3) is 0.182. The summed E-state index contributed by atoms with van der Waals surface area (Å²) in [4.78, 5) is 28.0. The smallest absolute Gasteiger partial charge is 0.437 e. The molecule has 0 fully saturated rings. The number of hydrogen-bond donors (Lipinski definition) is 2. The van der Waals surface area contributed by atoms with Gasteiger partial charge in [0.2, 0.25) is 5.88 Å². The van der Waals surface area contributed by atoms with Crippen LogP contribution in [0.5, 0.6) is 5.88 Å². The SMILES string of the molecule is COc1nc(N[C@H]2CCc3c(-c4cccc5c4ccn5-c4nccc5cc(CO)cnc45)cccc32)c(C(F)(F)F)nc1C=O. The van der Waals surface area contributed by atoms with E-state index in [9.17, 15) is 23.1 Å². The summed E-state index contributed by atoms with van der Waals surface area (Å²) in [5.74, 6) is -0.118. The summed E-state index contributed by atoms with van der Waals surface area (Å²) in [7, 11) is 1.22. The number of rotatable bonds is 7. The largest absolute Gasteiger partial charge is 0.479 e. The van der Waals surface area contributed by atoms with Crippen LogP contribution in [-0.4, -0.2) is 43.0 Å². The van der Waals surface area contributed by atoms with Crippen LogP contribution in [0.2, 0.25) is 0 Å². The minimum atomic E-state index is -4.83. The number of nitrogens with zero attached hydrogens (tertiary/aromatic N) is 5. The molecule has 6 aromatic rings. The number of hydrogen-bond acceptors (Lipinski definition) is 8. The summed E-state index contributed by atoms with van der Waals surface area (Å²) in [5, 5.41) is 14.3. The molecule has 0 amide bonds. The Balaban J connectivity index is 1.29. The first-order valence-electron chi connectivity index (χ1n) is 14.1. The third-order valence-corrected chi connectivity index (χ3v) is 8.11. The van der Waals surface area contributed by atoms with Crippen molar-refractivity contribution in [2.45, 2.75) is 31.7 Å². The summed E-state index contributed by atoms with van der Waals surface area (Å²) in [5.41, 5.74) is 4.37. The lowest BCUT2D eigenvalue weighted by Crippen LogP contribution is -2.19. The van der Waals surface area contributed by atoms with E-state index in [1.807, 2.05) is 65.4 Å². The number of fused-ring (bicyclic) bond motifs is 3. The number of aliphatic hydroxyl groups is 1. The average molecular weight is 611 g/mol. The van der Waals surface area contributed by atoms with Gasteiger partial charge in [-0.1, -0.05) is 30.3 Å². The van der Waals surface area contributed by atoms with Crippen molar-refractivity contribution in [3.63, 3.8) is 0 Å². The number of carbonyl (C=O) groups excluding carboxylic acids is 1. The zero-order valence-corrected chi connectivity index (χ0v) is 23.8. The van der Waals surface area contributed by atoms with Crippen molar-refractivity contribution in [2.75, 3.05) is 12.4 Å². The van der Waals surface area contributed by atoms with Crippen molar-refractivity contribution in [3.8, 4) is 22.8 Å². The Labute approximate surface area is 254 Å². The summed E-state index contributed by atoms with van der Waals surface area (Å²) in [6, 6.07) is 17.1. The molecule has 45 heavy (non-hydrogen) atoms. The molecule has 0 bridgehead atoms. The Hall–Kier alpha value is -5.36. The van der Waals surface area contributed by atoms with E-state index in [-0.39, 0.29) is 18.8 Å². The van der Waals surface area contributed by atoms with Crippen molar-refractivity contribution in [3.05, 3.63) is 101 Å². The maximum atomic E-state index is 13.9. The van der Waals surface area contributed by atoms with Gasteiger partial charge < -0.3 is 15.2 Å². The predicted molar refractivity (Wildman–Crippen MR) is 161 cm³/mol. The number of nitrogens with one attached hydrogen (secondary N) is 1.